The van der Waals surface area contributed by atoms with E-state index in [2.05, 4.69) is 24.8 Å². The molecule has 0 aliphatic carbocycles. The Labute approximate surface area is 223 Å². The first-order valence-electron chi connectivity index (χ1n) is 12.3. The van der Waals surface area contributed by atoms with Crippen molar-refractivity contribution < 1.29 is 9.53 Å². The number of carbonyl (C=O) groups excluding carboxylic acids is 1. The van der Waals surface area contributed by atoms with Crippen LogP contribution in [0.5, 0.6) is 0 Å². The Hall–Kier alpha value is -2.67. The van der Waals surface area contributed by atoms with Crippen molar-refractivity contribution in [2.45, 2.75) is 33.3 Å². The molecule has 2 aromatic carbocycles. The lowest BCUT2D eigenvalue weighted by Crippen LogP contribution is -2.49. The number of ether oxygens (including phenoxy) is 1. The van der Waals surface area contributed by atoms with Gasteiger partial charge in [0.15, 0.2) is 0 Å². The fourth-order valence-electron chi connectivity index (χ4n) is 4.50. The molecule has 0 bridgehead atoms. The summed E-state index contributed by atoms with van der Waals surface area (Å²) < 4.78 is 5.54. The second-order valence-electron chi connectivity index (χ2n) is 9.49. The SMILES string of the molecule is COCc1nc(CC(C)C)nc(N2CCN(C(=O)c3ccccc3Cl)CC2)c1Cc1cccc(Cl)c1. The molecular weight excluding hydrogens is 495 g/mol. The van der Waals surface area contributed by atoms with E-state index in [1.54, 1.807) is 19.2 Å². The lowest BCUT2D eigenvalue weighted by atomic mass is 10.0. The minimum absolute atomic E-state index is 0.0392. The van der Waals surface area contributed by atoms with E-state index in [4.69, 9.17) is 37.9 Å². The second-order valence-corrected chi connectivity index (χ2v) is 10.3. The third-order valence-electron chi connectivity index (χ3n) is 6.23. The summed E-state index contributed by atoms with van der Waals surface area (Å²) in [4.78, 5) is 27.1. The van der Waals surface area contributed by atoms with Gasteiger partial charge in [0.1, 0.15) is 11.6 Å². The van der Waals surface area contributed by atoms with Gasteiger partial charge in [-0.05, 0) is 35.7 Å². The molecule has 1 amide bonds. The molecule has 4 rings (SSSR count). The number of methoxy groups -OCH3 is 1. The van der Waals surface area contributed by atoms with Gasteiger partial charge in [0, 0.05) is 56.7 Å². The van der Waals surface area contributed by atoms with Gasteiger partial charge >= 0.3 is 0 Å². The van der Waals surface area contributed by atoms with Gasteiger partial charge in [-0.2, -0.15) is 0 Å². The molecule has 190 valence electrons. The predicted molar refractivity (Wildman–Crippen MR) is 145 cm³/mol. The Kier molecular flexibility index (Phi) is 8.83. The molecule has 2 heterocycles. The lowest BCUT2D eigenvalue weighted by Gasteiger charge is -2.37. The summed E-state index contributed by atoms with van der Waals surface area (Å²) in [7, 11) is 1.69. The van der Waals surface area contributed by atoms with Gasteiger partial charge in [-0.25, -0.2) is 9.97 Å². The number of benzene rings is 2. The average Bonchev–Trinajstić information content (AvgIpc) is 2.85. The number of hydrogen-bond acceptors (Lipinski definition) is 5. The van der Waals surface area contributed by atoms with E-state index in [0.717, 1.165) is 34.9 Å². The topological polar surface area (TPSA) is 58.6 Å². The first-order chi connectivity index (χ1) is 17.4. The maximum Gasteiger partial charge on any atom is 0.255 e. The maximum absolute atomic E-state index is 13.1. The van der Waals surface area contributed by atoms with Crippen LogP contribution in [0.25, 0.3) is 0 Å². The van der Waals surface area contributed by atoms with Crippen molar-refractivity contribution in [1.82, 2.24) is 14.9 Å². The first-order valence-corrected chi connectivity index (χ1v) is 13.0. The molecule has 1 aliphatic rings. The molecule has 36 heavy (non-hydrogen) atoms. The number of amides is 1. The van der Waals surface area contributed by atoms with E-state index in [0.29, 0.717) is 60.7 Å². The largest absolute Gasteiger partial charge is 0.378 e. The zero-order valence-electron chi connectivity index (χ0n) is 21.0. The van der Waals surface area contributed by atoms with Crippen LogP contribution in [0, 0.1) is 5.92 Å². The monoisotopic (exact) mass is 526 g/mol. The fourth-order valence-corrected chi connectivity index (χ4v) is 4.93. The van der Waals surface area contributed by atoms with Crippen LogP contribution in [-0.2, 0) is 24.2 Å². The van der Waals surface area contributed by atoms with Crippen LogP contribution >= 0.6 is 23.2 Å². The highest BCUT2D eigenvalue weighted by Gasteiger charge is 2.27. The van der Waals surface area contributed by atoms with Crippen molar-refractivity contribution >= 4 is 34.9 Å². The van der Waals surface area contributed by atoms with Gasteiger partial charge < -0.3 is 14.5 Å². The number of anilines is 1. The Morgan fingerprint density at radius 3 is 2.44 bits per heavy atom. The van der Waals surface area contributed by atoms with Crippen LogP contribution in [0.2, 0.25) is 10.0 Å². The summed E-state index contributed by atoms with van der Waals surface area (Å²) in [5, 5.41) is 1.18. The van der Waals surface area contributed by atoms with Gasteiger partial charge in [-0.1, -0.05) is 61.3 Å². The van der Waals surface area contributed by atoms with Crippen LogP contribution in [0.4, 0.5) is 5.82 Å². The van der Waals surface area contributed by atoms with Gasteiger partial charge in [-0.15, -0.1) is 0 Å². The van der Waals surface area contributed by atoms with Crippen molar-refractivity contribution in [3.05, 3.63) is 86.8 Å². The standard InChI is InChI=1S/C28H32Cl2N4O2/c1-19(2)15-26-31-25(18-36-3)23(17-20-7-6-8-21(29)16-20)27(32-26)33-11-13-34(14-12-33)28(35)22-9-4-5-10-24(22)30/h4-10,16,19H,11-15,17-18H2,1-3H3. The molecule has 0 spiro atoms. The average molecular weight is 527 g/mol. The summed E-state index contributed by atoms with van der Waals surface area (Å²) in [5.74, 6) is 2.12. The molecule has 1 saturated heterocycles. The van der Waals surface area contributed by atoms with Crippen molar-refractivity contribution in [3.63, 3.8) is 0 Å². The van der Waals surface area contributed by atoms with E-state index < -0.39 is 0 Å². The summed E-state index contributed by atoms with van der Waals surface area (Å²) in [6.07, 6.45) is 1.43. The van der Waals surface area contributed by atoms with Crippen LogP contribution in [0.3, 0.4) is 0 Å². The lowest BCUT2D eigenvalue weighted by molar-refractivity contribution is 0.0746. The van der Waals surface area contributed by atoms with Crippen molar-refractivity contribution in [2.24, 2.45) is 5.92 Å². The molecule has 0 radical (unpaired) electrons. The number of carbonyl (C=O) groups is 1. The summed E-state index contributed by atoms with van der Waals surface area (Å²) in [5.41, 5.74) is 3.57. The molecule has 1 aromatic heterocycles. The summed E-state index contributed by atoms with van der Waals surface area (Å²) in [6, 6.07) is 15.1. The smallest absolute Gasteiger partial charge is 0.255 e. The highest BCUT2D eigenvalue weighted by Crippen LogP contribution is 2.28. The van der Waals surface area contributed by atoms with Crippen molar-refractivity contribution in [1.29, 1.82) is 0 Å². The zero-order valence-corrected chi connectivity index (χ0v) is 22.5. The molecule has 1 fully saturated rings. The quantitative estimate of drug-likeness (QED) is 0.377. The van der Waals surface area contributed by atoms with Crippen LogP contribution < -0.4 is 4.90 Å². The molecule has 6 nitrogen and oxygen atoms in total. The van der Waals surface area contributed by atoms with Gasteiger partial charge in [-0.3, -0.25) is 4.79 Å². The maximum atomic E-state index is 13.1. The van der Waals surface area contributed by atoms with Crippen LogP contribution in [-0.4, -0.2) is 54.1 Å². The van der Waals surface area contributed by atoms with E-state index in [1.165, 1.54) is 0 Å². The molecule has 3 aromatic rings. The summed E-state index contributed by atoms with van der Waals surface area (Å²) >= 11 is 12.6. The van der Waals surface area contributed by atoms with Gasteiger partial charge in [0.2, 0.25) is 0 Å². The fraction of sp³-hybridized carbons (Fsp3) is 0.393. The normalized spacial score (nSPS) is 13.9. The first kappa shape index (κ1) is 26.4. The Bertz CT molecular complexity index is 1210. The van der Waals surface area contributed by atoms with Crippen LogP contribution in [0.1, 0.15) is 46.9 Å². The third-order valence-corrected chi connectivity index (χ3v) is 6.79. The number of nitrogens with zero attached hydrogens (tertiary/aromatic N) is 4. The number of halogens is 2. The molecule has 0 N–H and O–H groups in total. The number of hydrogen-bond donors (Lipinski definition) is 0. The molecular formula is C28H32Cl2N4O2. The van der Waals surface area contributed by atoms with Crippen LogP contribution in [0.15, 0.2) is 48.5 Å². The Morgan fingerprint density at radius 1 is 1.03 bits per heavy atom. The number of piperazine rings is 1. The molecule has 0 unspecified atom stereocenters. The minimum atomic E-state index is -0.0392. The van der Waals surface area contributed by atoms with Gasteiger partial charge in [0.05, 0.1) is 22.9 Å². The van der Waals surface area contributed by atoms with E-state index >= 15 is 0 Å². The van der Waals surface area contributed by atoms with E-state index in [9.17, 15) is 4.79 Å². The highest BCUT2D eigenvalue weighted by molar-refractivity contribution is 6.33. The van der Waals surface area contributed by atoms with E-state index in [1.807, 2.05) is 35.2 Å². The zero-order chi connectivity index (χ0) is 25.7. The molecule has 0 saturated carbocycles. The predicted octanol–water partition coefficient (Wildman–Crippen LogP) is 5.68. The Morgan fingerprint density at radius 2 is 1.78 bits per heavy atom. The molecule has 0 atom stereocenters. The Balaban J connectivity index is 1.64. The minimum Gasteiger partial charge on any atom is -0.378 e. The van der Waals surface area contributed by atoms with Gasteiger partial charge in [0.25, 0.3) is 5.91 Å². The third kappa shape index (κ3) is 6.36. The number of rotatable bonds is 8. The summed E-state index contributed by atoms with van der Waals surface area (Å²) in [6.45, 7) is 7.25. The second kappa shape index (κ2) is 12.0. The molecule has 1 aliphatic heterocycles. The van der Waals surface area contributed by atoms with E-state index in [-0.39, 0.29) is 5.91 Å². The molecule has 8 heteroatoms. The van der Waals surface area contributed by atoms with Crippen molar-refractivity contribution in [3.8, 4) is 0 Å². The highest BCUT2D eigenvalue weighted by atomic mass is 35.5. The van der Waals surface area contributed by atoms with Crippen molar-refractivity contribution in [2.75, 3.05) is 38.2 Å². The number of aromatic nitrogens is 2.